The fraction of sp³-hybridized carbons (Fsp3) is 0. The van der Waals surface area contributed by atoms with E-state index in [4.69, 9.17) is 20.4 Å². The summed E-state index contributed by atoms with van der Waals surface area (Å²) in [7, 11) is 0. The van der Waals surface area contributed by atoms with Crippen LogP contribution in [0.4, 0.5) is 0 Å². The summed E-state index contributed by atoms with van der Waals surface area (Å²) >= 11 is 0. The molecule has 9 nitrogen and oxygen atoms in total. The number of hydrogen-bond acceptors (Lipinski definition) is 4. The second-order valence-corrected chi connectivity index (χ2v) is 4.38. The number of carbonyl (C=O) groups is 4. The van der Waals surface area contributed by atoms with Crippen LogP contribution < -0.4 is 0 Å². The van der Waals surface area contributed by atoms with Gasteiger partial charge in [0.05, 0.1) is 22.3 Å². The summed E-state index contributed by atoms with van der Waals surface area (Å²) in [5.41, 5.74) is -0.0744. The maximum Gasteiger partial charge on any atom is 0.335 e. The molecule has 0 aliphatic rings. The Morgan fingerprint density at radius 1 is 0.520 bits per heavy atom. The minimum atomic E-state index is -1.13. The van der Waals surface area contributed by atoms with Crippen LogP contribution >= 0.6 is 0 Å². The first-order valence-corrected chi connectivity index (χ1v) is 6.35. The quantitative estimate of drug-likeness (QED) is 0.637. The van der Waals surface area contributed by atoms with E-state index in [1.165, 1.54) is 36.4 Å². The highest BCUT2D eigenvalue weighted by atomic mass is 16.4. The largest absolute Gasteiger partial charge is 0.478 e. The molecule has 132 valence electrons. The van der Waals surface area contributed by atoms with Gasteiger partial charge in [-0.15, -0.1) is 0 Å². The topological polar surface area (TPSA) is 181 Å². The van der Waals surface area contributed by atoms with Crippen molar-refractivity contribution < 1.29 is 45.1 Å². The van der Waals surface area contributed by atoms with Gasteiger partial charge >= 0.3 is 23.9 Å². The molecule has 2 rings (SSSR count). The van der Waals surface area contributed by atoms with E-state index in [0.29, 0.717) is 0 Å². The monoisotopic (exact) mass is 350 g/mol. The highest BCUT2D eigenvalue weighted by Gasteiger charge is 2.07. The normalized spacial score (nSPS) is 8.96. The molecule has 6 N–H and O–H groups in total. The van der Waals surface area contributed by atoms with Crippen LogP contribution in [-0.2, 0) is 0 Å². The predicted octanol–water partition coefficient (Wildman–Crippen LogP) is 1.34. The van der Waals surface area contributed by atoms with Gasteiger partial charge in [0.15, 0.2) is 0 Å². The maximum atomic E-state index is 10.4. The molecule has 0 fully saturated rings. The van der Waals surface area contributed by atoms with Crippen LogP contribution in [0.3, 0.4) is 0 Å². The third kappa shape index (κ3) is 6.50. The van der Waals surface area contributed by atoms with Crippen LogP contribution in [-0.4, -0.2) is 49.8 Å². The fourth-order valence-corrected chi connectivity index (χ4v) is 1.57. The molecule has 0 heterocycles. The van der Waals surface area contributed by atoms with E-state index < -0.39 is 23.9 Å². The molecular weight excluding hydrogens is 336 g/mol. The van der Waals surface area contributed by atoms with Crippen LogP contribution in [0.1, 0.15) is 41.4 Å². The van der Waals surface area contributed by atoms with Gasteiger partial charge in [0.1, 0.15) is 0 Å². The Hall–Kier alpha value is -3.72. The number of carboxylic acid groups (broad SMARTS) is 4. The van der Waals surface area contributed by atoms with Gasteiger partial charge in [-0.1, -0.05) is 12.1 Å². The Kier molecular flexibility index (Phi) is 8.02. The number of carboxylic acids is 4. The van der Waals surface area contributed by atoms with E-state index in [0.717, 1.165) is 12.1 Å². The first kappa shape index (κ1) is 21.3. The van der Waals surface area contributed by atoms with Crippen molar-refractivity contribution in [2.45, 2.75) is 0 Å². The molecule has 0 aromatic heterocycles. The highest BCUT2D eigenvalue weighted by Crippen LogP contribution is 2.05. The second-order valence-electron chi connectivity index (χ2n) is 4.38. The van der Waals surface area contributed by atoms with Crippen molar-refractivity contribution in [2.24, 2.45) is 0 Å². The summed E-state index contributed by atoms with van der Waals surface area (Å²) in [6, 6.07) is 10.4. The van der Waals surface area contributed by atoms with E-state index in [-0.39, 0.29) is 27.7 Å². The lowest BCUT2D eigenvalue weighted by Crippen LogP contribution is -2.01. The van der Waals surface area contributed by atoms with Crippen molar-refractivity contribution in [2.75, 3.05) is 0 Å². The Labute approximate surface area is 140 Å². The number of hydrogen-bond donors (Lipinski definition) is 4. The summed E-state index contributed by atoms with van der Waals surface area (Å²) < 4.78 is 0. The summed E-state index contributed by atoms with van der Waals surface area (Å²) in [5.74, 6) is -4.51. The second kappa shape index (κ2) is 9.43. The minimum absolute atomic E-state index is 0. The predicted molar refractivity (Wildman–Crippen MR) is 84.3 cm³/mol. The molecule has 2 aromatic carbocycles. The molecule has 0 aliphatic heterocycles. The van der Waals surface area contributed by atoms with Crippen LogP contribution in [0, 0.1) is 0 Å². The van der Waals surface area contributed by atoms with E-state index in [1.54, 1.807) is 0 Å². The molecule has 0 aliphatic carbocycles. The zero-order valence-corrected chi connectivity index (χ0v) is 12.5. The Morgan fingerprint density at radius 2 is 0.720 bits per heavy atom. The van der Waals surface area contributed by atoms with Gasteiger partial charge in [-0.3, -0.25) is 0 Å². The van der Waals surface area contributed by atoms with Gasteiger partial charge in [0.25, 0.3) is 0 Å². The van der Waals surface area contributed by atoms with E-state index in [2.05, 4.69) is 0 Å². The zero-order chi connectivity index (χ0) is 18.3. The molecular formula is C16H14O9. The van der Waals surface area contributed by atoms with Gasteiger partial charge in [-0.2, -0.15) is 0 Å². The molecule has 0 saturated heterocycles. The lowest BCUT2D eigenvalue weighted by atomic mass is 10.1. The Morgan fingerprint density at radius 3 is 0.880 bits per heavy atom. The Balaban J connectivity index is 0.000000443. The van der Waals surface area contributed by atoms with Crippen LogP contribution in [0.25, 0.3) is 0 Å². The summed E-state index contributed by atoms with van der Waals surface area (Å²) in [4.78, 5) is 41.5. The number of aromatic carboxylic acids is 4. The van der Waals surface area contributed by atoms with Gasteiger partial charge in [0.2, 0.25) is 0 Å². The molecule has 0 amide bonds. The average molecular weight is 350 g/mol. The zero-order valence-electron chi connectivity index (χ0n) is 12.5. The SMILES string of the molecule is O.O=C(O)c1cccc(C(=O)O)c1.O=C(O)c1cccc(C(=O)O)c1. The van der Waals surface area contributed by atoms with Crippen molar-refractivity contribution in [3.8, 4) is 0 Å². The fourth-order valence-electron chi connectivity index (χ4n) is 1.57. The molecule has 0 spiro atoms. The third-order valence-electron chi connectivity index (χ3n) is 2.71. The summed E-state index contributed by atoms with van der Waals surface area (Å²) in [6.45, 7) is 0. The maximum absolute atomic E-state index is 10.4. The van der Waals surface area contributed by atoms with E-state index in [1.807, 2.05) is 0 Å². The molecule has 25 heavy (non-hydrogen) atoms. The minimum Gasteiger partial charge on any atom is -0.478 e. The Bertz CT molecular complexity index is 670. The number of benzene rings is 2. The molecule has 0 atom stereocenters. The van der Waals surface area contributed by atoms with Crippen LogP contribution in [0.5, 0.6) is 0 Å². The first-order valence-electron chi connectivity index (χ1n) is 6.35. The van der Waals surface area contributed by atoms with Crippen molar-refractivity contribution in [1.29, 1.82) is 0 Å². The summed E-state index contributed by atoms with van der Waals surface area (Å²) in [5, 5.41) is 34.0. The van der Waals surface area contributed by atoms with Crippen molar-refractivity contribution in [3.05, 3.63) is 70.8 Å². The van der Waals surface area contributed by atoms with Gasteiger partial charge < -0.3 is 25.9 Å². The summed E-state index contributed by atoms with van der Waals surface area (Å²) in [6.07, 6.45) is 0. The van der Waals surface area contributed by atoms with Gasteiger partial charge in [0, 0.05) is 0 Å². The van der Waals surface area contributed by atoms with E-state index >= 15 is 0 Å². The third-order valence-corrected chi connectivity index (χ3v) is 2.71. The van der Waals surface area contributed by atoms with Gasteiger partial charge in [-0.05, 0) is 36.4 Å². The first-order chi connectivity index (χ1) is 11.2. The van der Waals surface area contributed by atoms with Crippen LogP contribution in [0.15, 0.2) is 48.5 Å². The molecule has 0 radical (unpaired) electrons. The highest BCUT2D eigenvalue weighted by molar-refractivity contribution is 5.94. The molecule has 9 heteroatoms. The average Bonchev–Trinajstić information content (AvgIpc) is 2.55. The molecule has 0 saturated carbocycles. The van der Waals surface area contributed by atoms with Crippen molar-refractivity contribution >= 4 is 23.9 Å². The smallest absolute Gasteiger partial charge is 0.335 e. The van der Waals surface area contributed by atoms with Crippen LogP contribution in [0.2, 0.25) is 0 Å². The number of rotatable bonds is 4. The lowest BCUT2D eigenvalue weighted by Gasteiger charge is -1.95. The molecule has 0 bridgehead atoms. The van der Waals surface area contributed by atoms with Crippen molar-refractivity contribution in [3.63, 3.8) is 0 Å². The van der Waals surface area contributed by atoms with Crippen molar-refractivity contribution in [1.82, 2.24) is 0 Å². The van der Waals surface area contributed by atoms with E-state index in [9.17, 15) is 19.2 Å². The molecule has 0 unspecified atom stereocenters. The molecule has 2 aromatic rings. The lowest BCUT2D eigenvalue weighted by molar-refractivity contribution is 0.0676. The van der Waals surface area contributed by atoms with Gasteiger partial charge in [-0.25, -0.2) is 19.2 Å². The standard InChI is InChI=1S/2C8H6O4.H2O/c2*9-7(10)5-2-1-3-6(4-5)8(11)12;/h2*1-4H,(H,9,10)(H,11,12);1H2.